The summed E-state index contributed by atoms with van der Waals surface area (Å²) in [5, 5.41) is 26.7. The Balaban J connectivity index is 1.38. The first kappa shape index (κ1) is 25.1. The van der Waals surface area contributed by atoms with E-state index in [4.69, 9.17) is 0 Å². The van der Waals surface area contributed by atoms with Crippen molar-refractivity contribution < 1.29 is 9.50 Å². The van der Waals surface area contributed by atoms with Crippen LogP contribution in [0.25, 0.3) is 0 Å². The normalized spacial score (nSPS) is 19.9. The first-order valence-corrected chi connectivity index (χ1v) is 12.8. The van der Waals surface area contributed by atoms with Crippen LogP contribution in [0.3, 0.4) is 0 Å². The Labute approximate surface area is 216 Å². The number of nitriles is 1. The highest BCUT2D eigenvalue weighted by atomic mass is 19.1. The fraction of sp³-hybridized carbons (Fsp3) is 0.429. The average molecular weight is 502 g/mol. The van der Waals surface area contributed by atoms with Crippen molar-refractivity contribution in [2.24, 2.45) is 0 Å². The molecule has 5 rings (SSSR count). The van der Waals surface area contributed by atoms with Gasteiger partial charge in [0.25, 0.3) is 0 Å². The summed E-state index contributed by atoms with van der Waals surface area (Å²) < 4.78 is 15.2. The Morgan fingerprint density at radius 3 is 2.70 bits per heavy atom. The van der Waals surface area contributed by atoms with Gasteiger partial charge in [0.05, 0.1) is 11.9 Å². The molecule has 1 aliphatic carbocycles. The molecule has 2 aromatic heterocycles. The Bertz CT molecular complexity index is 1340. The minimum atomic E-state index is -0.939. The second kappa shape index (κ2) is 10.0. The maximum atomic E-state index is 15.2. The Kier molecular flexibility index (Phi) is 6.80. The zero-order valence-corrected chi connectivity index (χ0v) is 21.5. The highest BCUT2D eigenvalue weighted by Crippen LogP contribution is 2.39. The molecule has 3 N–H and O–H groups in total. The summed E-state index contributed by atoms with van der Waals surface area (Å²) in [5.41, 5.74) is 3.24. The van der Waals surface area contributed by atoms with Gasteiger partial charge in [0, 0.05) is 5.69 Å². The summed E-state index contributed by atoms with van der Waals surface area (Å²) in [7, 11) is 2.10. The number of piperidine rings is 1. The molecular formula is C28H32FN7O. The van der Waals surface area contributed by atoms with Crippen LogP contribution in [0.4, 0.5) is 27.7 Å². The third-order valence-corrected chi connectivity index (χ3v) is 7.69. The highest BCUT2D eigenvalue weighted by Gasteiger charge is 2.36. The van der Waals surface area contributed by atoms with E-state index in [0.717, 1.165) is 49.0 Å². The lowest BCUT2D eigenvalue weighted by molar-refractivity contribution is 0.0307. The third kappa shape index (κ3) is 4.99. The molecule has 0 saturated carbocycles. The van der Waals surface area contributed by atoms with Crippen molar-refractivity contribution in [3.8, 4) is 6.07 Å². The molecular weight excluding hydrogens is 469 g/mol. The number of aromatic nitrogens is 3. The van der Waals surface area contributed by atoms with Crippen molar-refractivity contribution >= 4 is 23.3 Å². The predicted molar refractivity (Wildman–Crippen MR) is 141 cm³/mol. The lowest BCUT2D eigenvalue weighted by atomic mass is 9.86. The second-order valence-corrected chi connectivity index (χ2v) is 10.2. The summed E-state index contributed by atoms with van der Waals surface area (Å²) in [4.78, 5) is 15.6. The monoisotopic (exact) mass is 501 g/mol. The van der Waals surface area contributed by atoms with Gasteiger partial charge in [-0.2, -0.15) is 10.2 Å². The maximum absolute atomic E-state index is 15.2. The minimum Gasteiger partial charge on any atom is -0.384 e. The Hall–Kier alpha value is -3.61. The zero-order chi connectivity index (χ0) is 26.2. The van der Waals surface area contributed by atoms with Gasteiger partial charge in [-0.15, -0.1) is 0 Å². The van der Waals surface area contributed by atoms with E-state index in [1.165, 1.54) is 12.3 Å². The van der Waals surface area contributed by atoms with Crippen molar-refractivity contribution in [1.29, 1.82) is 5.26 Å². The van der Waals surface area contributed by atoms with Crippen LogP contribution in [-0.4, -0.2) is 45.1 Å². The van der Waals surface area contributed by atoms with Gasteiger partial charge in [-0.25, -0.2) is 14.4 Å². The molecule has 9 heteroatoms. The molecule has 0 spiro atoms. The number of halogens is 1. The van der Waals surface area contributed by atoms with Crippen LogP contribution in [-0.2, 0) is 12.0 Å². The van der Waals surface area contributed by atoms with Gasteiger partial charge in [0.15, 0.2) is 5.82 Å². The van der Waals surface area contributed by atoms with Crippen molar-refractivity contribution in [1.82, 2.24) is 19.9 Å². The Morgan fingerprint density at radius 2 is 2.00 bits per heavy atom. The summed E-state index contributed by atoms with van der Waals surface area (Å²) in [6.45, 7) is 5.81. The van der Waals surface area contributed by atoms with Crippen molar-refractivity contribution in [2.45, 2.75) is 57.5 Å². The number of fused-ring (bicyclic) bond motifs is 1. The molecule has 3 heterocycles. The molecule has 0 radical (unpaired) electrons. The lowest BCUT2D eigenvalue weighted by Gasteiger charge is -2.30. The second-order valence-electron chi connectivity index (χ2n) is 10.2. The molecule has 1 unspecified atom stereocenters. The van der Waals surface area contributed by atoms with E-state index in [-0.39, 0.29) is 29.1 Å². The molecule has 8 nitrogen and oxygen atoms in total. The van der Waals surface area contributed by atoms with E-state index >= 15 is 4.39 Å². The summed E-state index contributed by atoms with van der Waals surface area (Å²) in [6, 6.07) is 9.26. The molecule has 1 atom stereocenters. The molecule has 192 valence electrons. The van der Waals surface area contributed by atoms with Gasteiger partial charge < -0.3 is 20.6 Å². The number of anilines is 4. The molecule has 0 bridgehead atoms. The quantitative estimate of drug-likeness (QED) is 0.431. The first-order valence-electron chi connectivity index (χ1n) is 12.8. The van der Waals surface area contributed by atoms with Crippen LogP contribution in [0, 0.1) is 24.1 Å². The van der Waals surface area contributed by atoms with Crippen molar-refractivity contribution in [2.75, 3.05) is 30.8 Å². The number of aliphatic hydroxyl groups is 1. The standard InChI is InChI=1S/C28H32FN7O/c1-4-28(37)10-7-19-5-6-23(33-25(19)28)34-26-20(15-30)16-31-27(35-26)32-21-13-17(2)24(22(29)14-21)18-8-11-36(3)12-9-18/h5-6,13-14,16,18,37H,4,7-12H2,1-3H3,(H2,31,32,33,34,35). The van der Waals surface area contributed by atoms with Gasteiger partial charge in [-0.1, -0.05) is 13.0 Å². The molecule has 1 aliphatic heterocycles. The molecule has 1 aromatic carbocycles. The number of hydrogen-bond donors (Lipinski definition) is 3. The van der Waals surface area contributed by atoms with Gasteiger partial charge in [-0.05, 0) is 100.0 Å². The summed E-state index contributed by atoms with van der Waals surface area (Å²) >= 11 is 0. The number of likely N-dealkylation sites (tertiary alicyclic amines) is 1. The molecule has 37 heavy (non-hydrogen) atoms. The van der Waals surface area contributed by atoms with Gasteiger partial charge in [-0.3, -0.25) is 0 Å². The lowest BCUT2D eigenvalue weighted by Crippen LogP contribution is -2.29. The van der Waals surface area contributed by atoms with Crippen molar-refractivity contribution in [3.63, 3.8) is 0 Å². The van der Waals surface area contributed by atoms with Crippen LogP contribution in [0.1, 0.15) is 66.5 Å². The zero-order valence-electron chi connectivity index (χ0n) is 21.5. The van der Waals surface area contributed by atoms with Crippen LogP contribution in [0.2, 0.25) is 0 Å². The number of hydrogen-bond acceptors (Lipinski definition) is 8. The predicted octanol–water partition coefficient (Wildman–Crippen LogP) is 5.03. The number of rotatable bonds is 6. The van der Waals surface area contributed by atoms with E-state index in [1.54, 1.807) is 0 Å². The van der Waals surface area contributed by atoms with Crippen LogP contribution in [0.15, 0.2) is 30.5 Å². The van der Waals surface area contributed by atoms with Crippen LogP contribution < -0.4 is 10.6 Å². The van der Waals surface area contributed by atoms with Gasteiger partial charge in [0.2, 0.25) is 5.95 Å². The largest absolute Gasteiger partial charge is 0.384 e. The number of aryl methyl sites for hydroxylation is 2. The summed E-state index contributed by atoms with van der Waals surface area (Å²) in [6.07, 6.45) is 5.32. The van der Waals surface area contributed by atoms with E-state index in [0.29, 0.717) is 30.0 Å². The third-order valence-electron chi connectivity index (χ3n) is 7.69. The number of nitrogens with zero attached hydrogens (tertiary/aromatic N) is 5. The van der Waals surface area contributed by atoms with Gasteiger partial charge >= 0.3 is 0 Å². The van der Waals surface area contributed by atoms with Crippen LogP contribution in [0.5, 0.6) is 0 Å². The Morgan fingerprint density at radius 1 is 1.22 bits per heavy atom. The molecule has 3 aromatic rings. The maximum Gasteiger partial charge on any atom is 0.229 e. The fourth-order valence-corrected chi connectivity index (χ4v) is 5.48. The van der Waals surface area contributed by atoms with E-state index in [1.807, 2.05) is 32.0 Å². The highest BCUT2D eigenvalue weighted by molar-refractivity contribution is 5.64. The van der Waals surface area contributed by atoms with E-state index in [9.17, 15) is 10.4 Å². The SMILES string of the molecule is CCC1(O)CCc2ccc(Nc3nc(Nc4cc(C)c(C5CCN(C)CC5)c(F)c4)ncc3C#N)nc21. The first-order chi connectivity index (χ1) is 17.8. The molecule has 0 amide bonds. The summed E-state index contributed by atoms with van der Waals surface area (Å²) in [5.74, 6) is 0.995. The number of pyridine rings is 1. The van der Waals surface area contributed by atoms with Crippen molar-refractivity contribution in [3.05, 3.63) is 64.2 Å². The molecule has 1 fully saturated rings. The smallest absolute Gasteiger partial charge is 0.229 e. The topological polar surface area (TPSA) is 110 Å². The van der Waals surface area contributed by atoms with E-state index in [2.05, 4.69) is 43.6 Å². The minimum absolute atomic E-state index is 0.220. The molecule has 1 saturated heterocycles. The van der Waals surface area contributed by atoms with Gasteiger partial charge in [0.1, 0.15) is 28.9 Å². The van der Waals surface area contributed by atoms with Crippen LogP contribution >= 0.6 is 0 Å². The number of benzene rings is 1. The van der Waals surface area contributed by atoms with E-state index < -0.39 is 5.60 Å². The molecule has 2 aliphatic rings. The number of nitrogens with one attached hydrogen (secondary N) is 2. The average Bonchev–Trinajstić information content (AvgIpc) is 3.21. The fourth-order valence-electron chi connectivity index (χ4n) is 5.48.